The Morgan fingerprint density at radius 3 is 2.59 bits per heavy atom. The highest BCUT2D eigenvalue weighted by Gasteiger charge is 2.34. The van der Waals surface area contributed by atoms with Gasteiger partial charge in [0.15, 0.2) is 5.82 Å². The third-order valence-corrected chi connectivity index (χ3v) is 5.63. The molecule has 1 fully saturated rings. The molecule has 1 aromatic carbocycles. The van der Waals surface area contributed by atoms with Crippen LogP contribution in [0.1, 0.15) is 68.2 Å². The van der Waals surface area contributed by atoms with Crippen LogP contribution >= 0.6 is 0 Å². The van der Waals surface area contributed by atoms with Crippen molar-refractivity contribution in [1.82, 2.24) is 19.7 Å². The maximum atomic E-state index is 13.2. The molecule has 0 bridgehead atoms. The normalized spacial score (nSPS) is 20.1. The van der Waals surface area contributed by atoms with Crippen LogP contribution < -0.4 is 5.32 Å². The van der Waals surface area contributed by atoms with Gasteiger partial charge in [0.05, 0.1) is 11.7 Å². The van der Waals surface area contributed by atoms with Gasteiger partial charge in [0.1, 0.15) is 5.82 Å². The van der Waals surface area contributed by atoms with Crippen LogP contribution in [0.2, 0.25) is 0 Å². The van der Waals surface area contributed by atoms with E-state index in [4.69, 9.17) is 0 Å². The molecule has 0 spiro atoms. The van der Waals surface area contributed by atoms with Crippen LogP contribution in [0.4, 0.5) is 19.3 Å². The Morgan fingerprint density at radius 2 is 1.85 bits per heavy atom. The summed E-state index contributed by atoms with van der Waals surface area (Å²) in [6.07, 6.45) is 2.08. The van der Waals surface area contributed by atoms with Crippen LogP contribution in [0.15, 0.2) is 24.3 Å². The number of nitrogens with zero attached hydrogens (tertiary/aromatic N) is 4. The topological polar surface area (TPSA) is 63.1 Å². The molecule has 8 heteroatoms. The molecule has 1 saturated carbocycles. The van der Waals surface area contributed by atoms with Crippen LogP contribution in [-0.2, 0) is 6.54 Å². The fourth-order valence-corrected chi connectivity index (χ4v) is 4.16. The number of benzene rings is 1. The molecule has 144 valence electrons. The van der Waals surface area contributed by atoms with E-state index in [1.54, 1.807) is 11.0 Å². The molecular weight excluding hydrogens is 352 g/mol. The summed E-state index contributed by atoms with van der Waals surface area (Å²) < 4.78 is 28.5. The maximum absolute atomic E-state index is 13.2. The fraction of sp³-hybridized carbons (Fsp3) is 0.526. The highest BCUT2D eigenvalue weighted by Crippen LogP contribution is 2.36. The molecule has 2 aromatic rings. The molecule has 4 rings (SSSR count). The van der Waals surface area contributed by atoms with Gasteiger partial charge in [-0.05, 0) is 25.8 Å². The quantitative estimate of drug-likeness (QED) is 0.860. The number of fused-ring (bicyclic) bond motifs is 1. The Kier molecular flexibility index (Phi) is 4.80. The van der Waals surface area contributed by atoms with Gasteiger partial charge in [-0.15, -0.1) is 10.2 Å². The molecule has 2 amide bonds. The third-order valence-electron chi connectivity index (χ3n) is 5.63. The number of carbonyl (C=O) groups is 1. The molecule has 1 atom stereocenters. The minimum atomic E-state index is -2.64. The molecule has 2 aliphatic rings. The molecule has 6 nitrogen and oxygen atoms in total. The zero-order chi connectivity index (χ0) is 19.0. The van der Waals surface area contributed by atoms with E-state index in [1.165, 1.54) is 31.0 Å². The number of aromatic nitrogens is 3. The Morgan fingerprint density at radius 1 is 1.15 bits per heavy atom. The van der Waals surface area contributed by atoms with Gasteiger partial charge in [0.2, 0.25) is 0 Å². The first-order valence-corrected chi connectivity index (χ1v) is 9.44. The molecular formula is C19H23F2N5O. The summed E-state index contributed by atoms with van der Waals surface area (Å²) in [5.41, 5.74) is -0.0365. The van der Waals surface area contributed by atoms with Crippen molar-refractivity contribution >= 4 is 11.7 Å². The third kappa shape index (κ3) is 3.28. The zero-order valence-electron chi connectivity index (χ0n) is 15.2. The van der Waals surface area contributed by atoms with Gasteiger partial charge >= 0.3 is 6.03 Å². The van der Waals surface area contributed by atoms with E-state index in [2.05, 4.69) is 20.1 Å². The van der Waals surface area contributed by atoms with Crippen LogP contribution in [0, 0.1) is 0 Å². The number of hydrogen-bond acceptors (Lipinski definition) is 3. The lowest BCUT2D eigenvalue weighted by Gasteiger charge is -2.34. The van der Waals surface area contributed by atoms with Crippen molar-refractivity contribution in [3.8, 4) is 0 Å². The van der Waals surface area contributed by atoms with E-state index in [9.17, 15) is 13.6 Å². The first kappa shape index (κ1) is 17.9. The number of hydrogen-bond donors (Lipinski definition) is 1. The zero-order valence-corrected chi connectivity index (χ0v) is 15.2. The lowest BCUT2D eigenvalue weighted by molar-refractivity contribution is 0.152. The van der Waals surface area contributed by atoms with Crippen molar-refractivity contribution in [1.29, 1.82) is 0 Å². The Labute approximate surface area is 156 Å². The highest BCUT2D eigenvalue weighted by molar-refractivity contribution is 5.90. The summed E-state index contributed by atoms with van der Waals surface area (Å²) in [5.74, 6) is 2.25. The Bertz CT molecular complexity index is 831. The lowest BCUT2D eigenvalue weighted by atomic mass is 10.1. The van der Waals surface area contributed by atoms with E-state index >= 15 is 0 Å². The van der Waals surface area contributed by atoms with E-state index in [0.717, 1.165) is 24.5 Å². The summed E-state index contributed by atoms with van der Waals surface area (Å²) >= 11 is 0. The van der Waals surface area contributed by atoms with Gasteiger partial charge < -0.3 is 14.8 Å². The van der Waals surface area contributed by atoms with Gasteiger partial charge in [0.25, 0.3) is 6.43 Å². The fourth-order valence-electron chi connectivity index (χ4n) is 4.16. The number of para-hydroxylation sites is 1. The maximum Gasteiger partial charge on any atom is 0.322 e. The molecule has 0 saturated heterocycles. The summed E-state index contributed by atoms with van der Waals surface area (Å²) in [4.78, 5) is 14.4. The SMILES string of the molecule is CC1c2nnc(C3CCCC3)n2CCN1C(=O)Nc1ccccc1C(F)F. The molecule has 1 aliphatic heterocycles. The van der Waals surface area contributed by atoms with Crippen molar-refractivity contribution in [3.05, 3.63) is 41.5 Å². The second-order valence-electron chi connectivity index (χ2n) is 7.24. The first-order chi connectivity index (χ1) is 13.1. The minimum absolute atomic E-state index is 0.142. The molecule has 1 N–H and O–H groups in total. The van der Waals surface area contributed by atoms with Gasteiger partial charge in [-0.3, -0.25) is 0 Å². The predicted octanol–water partition coefficient (Wildman–Crippen LogP) is 4.48. The summed E-state index contributed by atoms with van der Waals surface area (Å²) in [6.45, 7) is 3.02. The largest absolute Gasteiger partial charge is 0.322 e. The molecule has 27 heavy (non-hydrogen) atoms. The van der Waals surface area contributed by atoms with Gasteiger partial charge in [-0.25, -0.2) is 13.6 Å². The number of halogens is 2. The number of urea groups is 1. The number of amides is 2. The Hall–Kier alpha value is -2.51. The highest BCUT2D eigenvalue weighted by atomic mass is 19.3. The molecule has 1 aromatic heterocycles. The second-order valence-corrected chi connectivity index (χ2v) is 7.24. The van der Waals surface area contributed by atoms with Crippen LogP contribution in [0.3, 0.4) is 0 Å². The predicted molar refractivity (Wildman–Crippen MR) is 96.8 cm³/mol. The molecule has 0 radical (unpaired) electrons. The van der Waals surface area contributed by atoms with E-state index in [-0.39, 0.29) is 17.3 Å². The van der Waals surface area contributed by atoms with Crippen molar-refractivity contribution in [2.45, 2.75) is 57.5 Å². The monoisotopic (exact) mass is 375 g/mol. The minimum Gasteiger partial charge on any atom is -0.313 e. The first-order valence-electron chi connectivity index (χ1n) is 9.44. The van der Waals surface area contributed by atoms with Crippen molar-refractivity contribution in [2.24, 2.45) is 0 Å². The number of nitrogens with one attached hydrogen (secondary N) is 1. The molecule has 1 unspecified atom stereocenters. The number of carbonyl (C=O) groups excluding carboxylic acids is 1. The van der Waals surface area contributed by atoms with Crippen molar-refractivity contribution in [3.63, 3.8) is 0 Å². The van der Waals surface area contributed by atoms with Gasteiger partial charge in [0, 0.05) is 24.6 Å². The number of alkyl halides is 2. The second kappa shape index (κ2) is 7.25. The molecule has 2 heterocycles. The average Bonchev–Trinajstić information content (AvgIpc) is 3.31. The van der Waals surface area contributed by atoms with E-state index < -0.39 is 12.5 Å². The van der Waals surface area contributed by atoms with Gasteiger partial charge in [-0.1, -0.05) is 31.0 Å². The van der Waals surface area contributed by atoms with Crippen LogP contribution in [0.5, 0.6) is 0 Å². The van der Waals surface area contributed by atoms with Crippen LogP contribution in [-0.4, -0.2) is 32.2 Å². The summed E-state index contributed by atoms with van der Waals surface area (Å²) in [5, 5.41) is 11.4. The lowest BCUT2D eigenvalue weighted by Crippen LogP contribution is -2.43. The Balaban J connectivity index is 1.52. The molecule has 1 aliphatic carbocycles. The van der Waals surface area contributed by atoms with Crippen molar-refractivity contribution in [2.75, 3.05) is 11.9 Å². The number of anilines is 1. The summed E-state index contributed by atoms with van der Waals surface area (Å²) in [7, 11) is 0. The van der Waals surface area contributed by atoms with Crippen molar-refractivity contribution < 1.29 is 13.6 Å². The standard InChI is InChI=1S/C19H23F2N5O/c1-12-17-23-24-18(13-6-2-3-7-13)26(17)11-10-25(12)19(27)22-15-9-5-4-8-14(15)16(20)21/h4-5,8-9,12-13,16H,2-3,6-7,10-11H2,1H3,(H,22,27). The van der Waals surface area contributed by atoms with E-state index in [0.29, 0.717) is 19.0 Å². The summed E-state index contributed by atoms with van der Waals surface area (Å²) in [6, 6.07) is 5.32. The smallest absolute Gasteiger partial charge is 0.313 e. The van der Waals surface area contributed by atoms with Crippen LogP contribution in [0.25, 0.3) is 0 Å². The van der Waals surface area contributed by atoms with E-state index in [1.807, 2.05) is 6.92 Å². The van der Waals surface area contributed by atoms with Gasteiger partial charge in [-0.2, -0.15) is 0 Å². The number of rotatable bonds is 3. The average molecular weight is 375 g/mol.